The molecule has 5 heteroatoms. The van der Waals surface area contributed by atoms with Gasteiger partial charge in [-0.25, -0.2) is 0 Å². The number of hydrogen-bond acceptors (Lipinski definition) is 4. The Morgan fingerprint density at radius 2 is 2.15 bits per heavy atom. The smallest absolute Gasteiger partial charge is 0.166 e. The van der Waals surface area contributed by atoms with Gasteiger partial charge in [0.1, 0.15) is 13.2 Å². The third kappa shape index (κ3) is 2.25. The minimum absolute atomic E-state index is 0.0455. The van der Waals surface area contributed by atoms with Crippen LogP contribution in [0.1, 0.15) is 24.2 Å². The molecule has 0 aliphatic carbocycles. The molecule has 1 aromatic heterocycles. The summed E-state index contributed by atoms with van der Waals surface area (Å²) in [4.78, 5) is 0. The number of nitrogens with one attached hydrogen (secondary N) is 1. The molecule has 2 aromatic rings. The maximum atomic E-state index is 5.83. The Hall–Kier alpha value is -2.01. The second-order valence-corrected chi connectivity index (χ2v) is 4.74. The number of aromatic nitrogens is 2. The van der Waals surface area contributed by atoms with Crippen molar-refractivity contribution in [1.29, 1.82) is 0 Å². The molecule has 20 heavy (non-hydrogen) atoms. The zero-order valence-electron chi connectivity index (χ0n) is 11.8. The summed E-state index contributed by atoms with van der Waals surface area (Å²) >= 11 is 0. The maximum absolute atomic E-state index is 5.83. The molecular formula is C15H19N3O2. The average Bonchev–Trinajstić information content (AvgIpc) is 2.90. The normalized spacial score (nSPS) is 15.1. The monoisotopic (exact) mass is 273 g/mol. The van der Waals surface area contributed by atoms with E-state index in [2.05, 4.69) is 23.4 Å². The highest BCUT2D eigenvalue weighted by Gasteiger charge is 2.24. The maximum Gasteiger partial charge on any atom is 0.166 e. The van der Waals surface area contributed by atoms with Gasteiger partial charge in [0.15, 0.2) is 11.5 Å². The molecule has 1 aromatic carbocycles. The Bertz CT molecular complexity index is 595. The largest absolute Gasteiger partial charge is 0.486 e. The van der Waals surface area contributed by atoms with Crippen molar-refractivity contribution in [3.8, 4) is 11.5 Å². The van der Waals surface area contributed by atoms with Crippen LogP contribution in [0.2, 0.25) is 0 Å². The summed E-state index contributed by atoms with van der Waals surface area (Å²) in [6, 6.07) is 8.10. The average molecular weight is 273 g/mol. The van der Waals surface area contributed by atoms with Crippen LogP contribution >= 0.6 is 0 Å². The van der Waals surface area contributed by atoms with Crippen molar-refractivity contribution in [1.82, 2.24) is 15.1 Å². The fraction of sp³-hybridized carbons (Fsp3) is 0.400. The highest BCUT2D eigenvalue weighted by atomic mass is 16.6. The summed E-state index contributed by atoms with van der Waals surface area (Å²) in [5.74, 6) is 1.66. The third-order valence-corrected chi connectivity index (χ3v) is 3.47. The van der Waals surface area contributed by atoms with Gasteiger partial charge in [-0.05, 0) is 18.7 Å². The van der Waals surface area contributed by atoms with E-state index in [-0.39, 0.29) is 6.04 Å². The zero-order chi connectivity index (χ0) is 13.9. The van der Waals surface area contributed by atoms with Crippen LogP contribution in [0.4, 0.5) is 0 Å². The Balaban J connectivity index is 2.06. The number of para-hydroxylation sites is 1. The number of nitrogens with zero attached hydrogens (tertiary/aromatic N) is 2. The van der Waals surface area contributed by atoms with Crippen molar-refractivity contribution in [3.05, 3.63) is 41.7 Å². The van der Waals surface area contributed by atoms with E-state index in [1.165, 1.54) is 0 Å². The first-order valence-corrected chi connectivity index (χ1v) is 6.91. The first-order valence-electron chi connectivity index (χ1n) is 6.91. The van der Waals surface area contributed by atoms with Crippen molar-refractivity contribution >= 4 is 0 Å². The van der Waals surface area contributed by atoms with E-state index in [4.69, 9.17) is 9.47 Å². The lowest BCUT2D eigenvalue weighted by Gasteiger charge is -2.25. The SMILES string of the molecule is CCNC(c1cccc2c1OCCO2)c1ccnn1C. The predicted octanol–water partition coefficient (Wildman–Crippen LogP) is 1.89. The molecule has 2 heterocycles. The summed E-state index contributed by atoms with van der Waals surface area (Å²) < 4.78 is 13.4. The van der Waals surface area contributed by atoms with E-state index in [9.17, 15) is 0 Å². The highest BCUT2D eigenvalue weighted by Crippen LogP contribution is 2.38. The topological polar surface area (TPSA) is 48.3 Å². The van der Waals surface area contributed by atoms with Gasteiger partial charge in [-0.2, -0.15) is 5.10 Å². The van der Waals surface area contributed by atoms with Crippen LogP contribution in [-0.2, 0) is 7.05 Å². The van der Waals surface area contributed by atoms with Gasteiger partial charge in [0, 0.05) is 18.8 Å². The van der Waals surface area contributed by atoms with Crippen molar-refractivity contribution < 1.29 is 9.47 Å². The standard InChI is InChI=1S/C15H19N3O2/c1-3-16-14(12-7-8-17-18(12)2)11-5-4-6-13-15(11)20-10-9-19-13/h4-8,14,16H,3,9-10H2,1-2H3. The Morgan fingerprint density at radius 1 is 1.30 bits per heavy atom. The fourth-order valence-electron chi connectivity index (χ4n) is 2.57. The molecule has 1 atom stereocenters. The van der Waals surface area contributed by atoms with Crippen LogP contribution in [0.5, 0.6) is 11.5 Å². The van der Waals surface area contributed by atoms with Crippen molar-refractivity contribution in [2.45, 2.75) is 13.0 Å². The number of fused-ring (bicyclic) bond motifs is 1. The van der Waals surface area contributed by atoms with Gasteiger partial charge in [0.25, 0.3) is 0 Å². The third-order valence-electron chi connectivity index (χ3n) is 3.47. The lowest BCUT2D eigenvalue weighted by Crippen LogP contribution is -2.26. The lowest BCUT2D eigenvalue weighted by atomic mass is 10.0. The summed E-state index contributed by atoms with van der Waals surface area (Å²) in [5.41, 5.74) is 2.20. The van der Waals surface area contributed by atoms with E-state index in [1.54, 1.807) is 0 Å². The molecule has 0 amide bonds. The van der Waals surface area contributed by atoms with Crippen molar-refractivity contribution in [3.63, 3.8) is 0 Å². The van der Waals surface area contributed by atoms with Gasteiger partial charge in [0.05, 0.1) is 11.7 Å². The molecule has 5 nitrogen and oxygen atoms in total. The van der Waals surface area contributed by atoms with Gasteiger partial charge in [-0.3, -0.25) is 4.68 Å². The molecular weight excluding hydrogens is 254 g/mol. The minimum Gasteiger partial charge on any atom is -0.486 e. The lowest BCUT2D eigenvalue weighted by molar-refractivity contribution is 0.169. The number of rotatable bonds is 4. The van der Waals surface area contributed by atoms with Crippen LogP contribution in [0.3, 0.4) is 0 Å². The molecule has 1 aliphatic heterocycles. The fourth-order valence-corrected chi connectivity index (χ4v) is 2.57. The molecule has 1 unspecified atom stereocenters. The quantitative estimate of drug-likeness (QED) is 0.924. The second-order valence-electron chi connectivity index (χ2n) is 4.74. The summed E-state index contributed by atoms with van der Waals surface area (Å²) in [5, 5.41) is 7.76. The van der Waals surface area contributed by atoms with Crippen LogP contribution in [0, 0.1) is 0 Å². The number of hydrogen-bond donors (Lipinski definition) is 1. The van der Waals surface area contributed by atoms with E-state index in [0.717, 1.165) is 29.3 Å². The molecule has 1 aliphatic rings. The van der Waals surface area contributed by atoms with Gasteiger partial charge < -0.3 is 14.8 Å². The van der Waals surface area contributed by atoms with Gasteiger partial charge in [-0.15, -0.1) is 0 Å². The second kappa shape index (κ2) is 5.54. The molecule has 0 fully saturated rings. The van der Waals surface area contributed by atoms with Gasteiger partial charge in [0.2, 0.25) is 0 Å². The van der Waals surface area contributed by atoms with Gasteiger partial charge in [-0.1, -0.05) is 19.1 Å². The van der Waals surface area contributed by atoms with E-state index >= 15 is 0 Å². The Morgan fingerprint density at radius 3 is 2.90 bits per heavy atom. The number of aryl methyl sites for hydroxylation is 1. The number of benzene rings is 1. The van der Waals surface area contributed by atoms with Crippen molar-refractivity contribution in [2.24, 2.45) is 7.05 Å². The Labute approximate surface area is 118 Å². The molecule has 0 saturated carbocycles. The van der Waals surface area contributed by atoms with Crippen LogP contribution < -0.4 is 14.8 Å². The molecule has 0 bridgehead atoms. The van der Waals surface area contributed by atoms with Crippen molar-refractivity contribution in [2.75, 3.05) is 19.8 Å². The molecule has 0 radical (unpaired) electrons. The zero-order valence-corrected chi connectivity index (χ0v) is 11.8. The summed E-state index contributed by atoms with van der Waals surface area (Å²) in [6.45, 7) is 4.15. The van der Waals surface area contributed by atoms with E-state index < -0.39 is 0 Å². The molecule has 0 saturated heterocycles. The predicted molar refractivity (Wildman–Crippen MR) is 76.2 cm³/mol. The van der Waals surface area contributed by atoms with Crippen LogP contribution in [0.25, 0.3) is 0 Å². The van der Waals surface area contributed by atoms with E-state index in [0.29, 0.717) is 13.2 Å². The first-order chi connectivity index (χ1) is 9.81. The Kier molecular flexibility index (Phi) is 3.60. The van der Waals surface area contributed by atoms with Crippen LogP contribution in [-0.4, -0.2) is 29.5 Å². The number of ether oxygens (including phenoxy) is 2. The first kappa shape index (κ1) is 13.0. The molecule has 3 rings (SSSR count). The van der Waals surface area contributed by atoms with E-state index in [1.807, 2.05) is 36.1 Å². The highest BCUT2D eigenvalue weighted by molar-refractivity contribution is 5.50. The molecule has 1 N–H and O–H groups in total. The molecule has 0 spiro atoms. The summed E-state index contributed by atoms with van der Waals surface area (Å²) in [6.07, 6.45) is 1.81. The molecule has 106 valence electrons. The summed E-state index contributed by atoms with van der Waals surface area (Å²) in [7, 11) is 1.95. The van der Waals surface area contributed by atoms with Crippen LogP contribution in [0.15, 0.2) is 30.5 Å². The minimum atomic E-state index is 0.0455. The van der Waals surface area contributed by atoms with Gasteiger partial charge >= 0.3 is 0 Å².